The lowest BCUT2D eigenvalue weighted by molar-refractivity contribution is 0.648. The second kappa shape index (κ2) is 5.33. The van der Waals surface area contributed by atoms with E-state index < -0.39 is 0 Å². The molecule has 2 aromatic heterocycles. The number of nitrogens with zero attached hydrogens (tertiary/aromatic N) is 2. The van der Waals surface area contributed by atoms with Crippen molar-refractivity contribution >= 4 is 0 Å². The largest absolute Gasteiger partial charge is 0.340 e. The van der Waals surface area contributed by atoms with Crippen LogP contribution in [0.1, 0.15) is 24.1 Å². The predicted octanol–water partition coefficient (Wildman–Crippen LogP) is 4.47. The Morgan fingerprint density at radius 1 is 1.00 bits per heavy atom. The molecule has 0 aliphatic rings. The van der Waals surface area contributed by atoms with Crippen LogP contribution in [0.3, 0.4) is 0 Å². The first-order valence-electron chi connectivity index (χ1n) is 6.89. The fraction of sp³-hybridized carbons (Fsp3) is 0.167. The summed E-state index contributed by atoms with van der Waals surface area (Å²) in [6.07, 6.45) is 5.90. The highest BCUT2D eigenvalue weighted by Gasteiger charge is 2.13. The lowest BCUT2D eigenvalue weighted by atomic mass is 10.1. The van der Waals surface area contributed by atoms with Gasteiger partial charge >= 0.3 is 0 Å². The summed E-state index contributed by atoms with van der Waals surface area (Å²) in [5, 5.41) is 0. The first-order chi connectivity index (χ1) is 9.75. The van der Waals surface area contributed by atoms with Crippen molar-refractivity contribution < 1.29 is 0 Å². The average molecular weight is 262 g/mol. The summed E-state index contributed by atoms with van der Waals surface area (Å²) in [7, 11) is 0. The van der Waals surface area contributed by atoms with Crippen molar-refractivity contribution in [3.63, 3.8) is 0 Å². The third-order valence-electron chi connectivity index (χ3n) is 3.66. The molecule has 1 unspecified atom stereocenters. The minimum atomic E-state index is 0.313. The molecule has 0 saturated heterocycles. The van der Waals surface area contributed by atoms with Gasteiger partial charge in [0.2, 0.25) is 0 Å². The van der Waals surface area contributed by atoms with Crippen molar-refractivity contribution in [3.05, 3.63) is 78.2 Å². The summed E-state index contributed by atoms with van der Waals surface area (Å²) in [4.78, 5) is 4.10. The molecule has 0 aliphatic heterocycles. The van der Waals surface area contributed by atoms with E-state index in [1.807, 2.05) is 12.4 Å². The van der Waals surface area contributed by atoms with E-state index in [9.17, 15) is 0 Å². The molecule has 3 rings (SSSR count). The Kier molecular flexibility index (Phi) is 3.38. The Bertz CT molecular complexity index is 684. The smallest absolute Gasteiger partial charge is 0.0557 e. The van der Waals surface area contributed by atoms with E-state index in [0.29, 0.717) is 6.04 Å². The van der Waals surface area contributed by atoms with E-state index >= 15 is 0 Å². The van der Waals surface area contributed by atoms with Gasteiger partial charge in [-0.15, -0.1) is 0 Å². The molecule has 2 heteroatoms. The topological polar surface area (TPSA) is 17.8 Å². The van der Waals surface area contributed by atoms with Crippen LogP contribution in [0, 0.1) is 6.92 Å². The van der Waals surface area contributed by atoms with E-state index in [4.69, 9.17) is 0 Å². The summed E-state index contributed by atoms with van der Waals surface area (Å²) >= 11 is 0. The van der Waals surface area contributed by atoms with Crippen molar-refractivity contribution in [1.82, 2.24) is 9.55 Å². The molecule has 0 aliphatic carbocycles. The number of hydrogen-bond acceptors (Lipinski definition) is 1. The zero-order valence-electron chi connectivity index (χ0n) is 11.8. The van der Waals surface area contributed by atoms with Crippen LogP contribution < -0.4 is 0 Å². The maximum Gasteiger partial charge on any atom is 0.0557 e. The second-order valence-corrected chi connectivity index (χ2v) is 5.13. The van der Waals surface area contributed by atoms with Gasteiger partial charge < -0.3 is 4.57 Å². The van der Waals surface area contributed by atoms with Crippen LogP contribution in [0.2, 0.25) is 0 Å². The molecule has 0 N–H and O–H groups in total. The molecule has 0 radical (unpaired) electrons. The van der Waals surface area contributed by atoms with Gasteiger partial charge in [-0.3, -0.25) is 4.98 Å². The molecule has 0 bridgehead atoms. The molecule has 20 heavy (non-hydrogen) atoms. The fourth-order valence-electron chi connectivity index (χ4n) is 2.58. The summed E-state index contributed by atoms with van der Waals surface area (Å²) in [5.74, 6) is 0. The number of rotatable bonds is 3. The highest BCUT2D eigenvalue weighted by molar-refractivity contribution is 5.61. The second-order valence-electron chi connectivity index (χ2n) is 5.13. The molecular weight excluding hydrogens is 244 g/mol. The quantitative estimate of drug-likeness (QED) is 0.681. The zero-order valence-corrected chi connectivity index (χ0v) is 11.8. The summed E-state index contributed by atoms with van der Waals surface area (Å²) in [6, 6.07) is 17.3. The van der Waals surface area contributed by atoms with Crippen molar-refractivity contribution in [3.8, 4) is 11.3 Å². The van der Waals surface area contributed by atoms with Gasteiger partial charge in [0.25, 0.3) is 0 Å². The van der Waals surface area contributed by atoms with Gasteiger partial charge in [0, 0.05) is 29.8 Å². The maximum atomic E-state index is 4.10. The average Bonchev–Trinajstić information content (AvgIpc) is 2.90. The molecule has 3 aromatic rings. The molecule has 2 heterocycles. The van der Waals surface area contributed by atoms with Crippen molar-refractivity contribution in [2.45, 2.75) is 19.9 Å². The van der Waals surface area contributed by atoms with E-state index in [-0.39, 0.29) is 0 Å². The highest BCUT2D eigenvalue weighted by Crippen LogP contribution is 2.28. The Balaban J connectivity index is 2.07. The van der Waals surface area contributed by atoms with Crippen LogP contribution in [0.4, 0.5) is 0 Å². The van der Waals surface area contributed by atoms with E-state index in [0.717, 1.165) is 0 Å². The monoisotopic (exact) mass is 262 g/mol. The van der Waals surface area contributed by atoms with Gasteiger partial charge in [0.1, 0.15) is 0 Å². The Morgan fingerprint density at radius 3 is 2.40 bits per heavy atom. The van der Waals surface area contributed by atoms with Gasteiger partial charge in [-0.2, -0.15) is 0 Å². The summed E-state index contributed by atoms with van der Waals surface area (Å²) in [6.45, 7) is 4.37. The predicted molar refractivity (Wildman–Crippen MR) is 82.7 cm³/mol. The molecule has 0 saturated carbocycles. The minimum Gasteiger partial charge on any atom is -0.340 e. The van der Waals surface area contributed by atoms with Gasteiger partial charge in [-0.05, 0) is 43.2 Å². The first-order valence-corrected chi connectivity index (χ1v) is 6.89. The van der Waals surface area contributed by atoms with Crippen molar-refractivity contribution in [1.29, 1.82) is 0 Å². The molecule has 1 aromatic carbocycles. The van der Waals surface area contributed by atoms with E-state index in [1.54, 1.807) is 0 Å². The van der Waals surface area contributed by atoms with E-state index in [2.05, 4.69) is 78.1 Å². The molecule has 0 fully saturated rings. The number of aryl methyl sites for hydroxylation is 1. The molecule has 100 valence electrons. The maximum absolute atomic E-state index is 4.10. The first kappa shape index (κ1) is 12.7. The van der Waals surface area contributed by atoms with Crippen molar-refractivity contribution in [2.24, 2.45) is 0 Å². The van der Waals surface area contributed by atoms with Gasteiger partial charge in [-0.25, -0.2) is 0 Å². The Labute approximate surface area is 119 Å². The molecular formula is C18H18N2. The van der Waals surface area contributed by atoms with Crippen LogP contribution in [0.5, 0.6) is 0 Å². The van der Waals surface area contributed by atoms with Gasteiger partial charge in [0.15, 0.2) is 0 Å². The number of hydrogen-bond donors (Lipinski definition) is 0. The fourth-order valence-corrected chi connectivity index (χ4v) is 2.58. The lowest BCUT2D eigenvalue weighted by Crippen LogP contribution is -2.06. The third-order valence-corrected chi connectivity index (χ3v) is 3.66. The SMILES string of the molecule is Cc1cc(-c2ccncc2)n(C(C)c2ccccc2)c1. The van der Waals surface area contributed by atoms with Gasteiger partial charge in [0.05, 0.1) is 6.04 Å². The molecule has 0 amide bonds. The molecule has 0 spiro atoms. The van der Waals surface area contributed by atoms with Crippen LogP contribution in [0.15, 0.2) is 67.1 Å². The van der Waals surface area contributed by atoms with Crippen LogP contribution in [0.25, 0.3) is 11.3 Å². The normalized spacial score (nSPS) is 12.3. The Morgan fingerprint density at radius 2 is 1.70 bits per heavy atom. The lowest BCUT2D eigenvalue weighted by Gasteiger charge is -2.18. The van der Waals surface area contributed by atoms with Crippen LogP contribution in [-0.2, 0) is 0 Å². The Hall–Kier alpha value is -2.35. The molecule has 1 atom stereocenters. The number of aromatic nitrogens is 2. The summed E-state index contributed by atoms with van der Waals surface area (Å²) in [5.41, 5.74) is 5.04. The summed E-state index contributed by atoms with van der Waals surface area (Å²) < 4.78 is 2.33. The number of pyridine rings is 1. The number of benzene rings is 1. The zero-order chi connectivity index (χ0) is 13.9. The van der Waals surface area contributed by atoms with Crippen LogP contribution in [-0.4, -0.2) is 9.55 Å². The third kappa shape index (κ3) is 2.37. The highest BCUT2D eigenvalue weighted by atomic mass is 15.0. The minimum absolute atomic E-state index is 0.313. The van der Waals surface area contributed by atoms with Crippen LogP contribution >= 0.6 is 0 Å². The van der Waals surface area contributed by atoms with Gasteiger partial charge in [-0.1, -0.05) is 30.3 Å². The molecule has 2 nitrogen and oxygen atoms in total. The van der Waals surface area contributed by atoms with Crippen molar-refractivity contribution in [2.75, 3.05) is 0 Å². The standard InChI is InChI=1S/C18H18N2/c1-14-12-18(17-8-10-19-11-9-17)20(13-14)15(2)16-6-4-3-5-7-16/h3-13,15H,1-2H3. The van der Waals surface area contributed by atoms with E-state index in [1.165, 1.54) is 22.4 Å².